The van der Waals surface area contributed by atoms with Crippen molar-refractivity contribution in [3.63, 3.8) is 0 Å². The van der Waals surface area contributed by atoms with E-state index < -0.39 is 0 Å². The van der Waals surface area contributed by atoms with Crippen LogP contribution in [0.3, 0.4) is 0 Å². The second-order valence-corrected chi connectivity index (χ2v) is 6.52. The minimum absolute atomic E-state index is 0.288. The monoisotopic (exact) mass is 267 g/mol. The van der Waals surface area contributed by atoms with Crippen molar-refractivity contribution in [2.24, 2.45) is 17.8 Å². The van der Waals surface area contributed by atoms with Crippen molar-refractivity contribution < 1.29 is 9.90 Å². The highest BCUT2D eigenvalue weighted by Gasteiger charge is 2.30. The fraction of sp³-hybridized carbons (Fsp3) is 0.938. The minimum Gasteiger partial charge on any atom is -0.396 e. The van der Waals surface area contributed by atoms with E-state index in [4.69, 9.17) is 5.11 Å². The topological polar surface area (TPSA) is 40.5 Å². The molecule has 1 heterocycles. The van der Waals surface area contributed by atoms with E-state index >= 15 is 0 Å². The number of ketones is 1. The highest BCUT2D eigenvalue weighted by Crippen LogP contribution is 2.31. The van der Waals surface area contributed by atoms with E-state index in [0.29, 0.717) is 18.3 Å². The number of aliphatic hydroxyl groups is 1. The predicted octanol–water partition coefficient (Wildman–Crippen LogP) is 2.48. The summed E-state index contributed by atoms with van der Waals surface area (Å²) < 4.78 is 0. The number of nitrogens with zero attached hydrogens (tertiary/aromatic N) is 1. The molecule has 0 aromatic carbocycles. The molecule has 2 unspecified atom stereocenters. The second-order valence-electron chi connectivity index (χ2n) is 6.52. The smallest absolute Gasteiger partial charge is 0.137 e. The van der Waals surface area contributed by atoms with E-state index in [1.807, 2.05) is 0 Å². The van der Waals surface area contributed by atoms with Crippen LogP contribution in [0.2, 0.25) is 0 Å². The summed E-state index contributed by atoms with van der Waals surface area (Å²) in [5.41, 5.74) is 0. The Hall–Kier alpha value is -0.410. The molecular weight excluding hydrogens is 238 g/mol. The number of piperidine rings is 1. The van der Waals surface area contributed by atoms with Crippen LogP contribution in [0.4, 0.5) is 0 Å². The van der Waals surface area contributed by atoms with Crippen molar-refractivity contribution >= 4 is 5.78 Å². The van der Waals surface area contributed by atoms with Crippen molar-refractivity contribution in [3.05, 3.63) is 0 Å². The summed E-state index contributed by atoms with van der Waals surface area (Å²) in [5, 5.41) is 9.16. The highest BCUT2D eigenvalue weighted by atomic mass is 16.3. The molecule has 1 saturated carbocycles. The lowest BCUT2D eigenvalue weighted by Crippen LogP contribution is -2.41. The third kappa shape index (κ3) is 4.28. The zero-order chi connectivity index (χ0) is 13.7. The molecule has 19 heavy (non-hydrogen) atoms. The lowest BCUT2D eigenvalue weighted by molar-refractivity contribution is -0.126. The van der Waals surface area contributed by atoms with Gasteiger partial charge in [0.15, 0.2) is 0 Å². The molecule has 1 N–H and O–H groups in total. The maximum absolute atomic E-state index is 12.1. The molecular formula is C16H29NO2. The molecule has 2 aliphatic rings. The van der Waals surface area contributed by atoms with Gasteiger partial charge in [0.2, 0.25) is 0 Å². The Morgan fingerprint density at radius 2 is 1.95 bits per heavy atom. The van der Waals surface area contributed by atoms with Gasteiger partial charge in [0.25, 0.3) is 0 Å². The molecule has 3 heteroatoms. The number of hydrogen-bond donors (Lipinski definition) is 1. The standard InChI is InChI=1S/C16H29NO2/c1-2-3-13-4-5-16(19)15(10-13)11-17-8-6-14(12-18)7-9-17/h13-15,18H,2-12H2,1H3. The number of aliphatic hydroxyl groups excluding tert-OH is 1. The summed E-state index contributed by atoms with van der Waals surface area (Å²) in [6.45, 7) is 5.66. The maximum Gasteiger partial charge on any atom is 0.137 e. The molecule has 2 rings (SSSR count). The summed E-state index contributed by atoms with van der Waals surface area (Å²) in [5.74, 6) is 2.06. The van der Waals surface area contributed by atoms with Crippen LogP contribution in [0.1, 0.15) is 51.9 Å². The van der Waals surface area contributed by atoms with Gasteiger partial charge < -0.3 is 10.0 Å². The Balaban J connectivity index is 1.79. The Bertz CT molecular complexity index is 284. The number of carbonyl (C=O) groups is 1. The Morgan fingerprint density at radius 3 is 2.58 bits per heavy atom. The summed E-state index contributed by atoms with van der Waals surface area (Å²) in [4.78, 5) is 14.5. The molecule has 0 aromatic heterocycles. The molecule has 0 amide bonds. The lowest BCUT2D eigenvalue weighted by atomic mass is 9.78. The van der Waals surface area contributed by atoms with Gasteiger partial charge in [0.1, 0.15) is 5.78 Å². The fourth-order valence-electron chi connectivity index (χ4n) is 3.71. The van der Waals surface area contributed by atoms with Gasteiger partial charge in [-0.1, -0.05) is 19.8 Å². The number of hydrogen-bond acceptors (Lipinski definition) is 3. The van der Waals surface area contributed by atoms with Gasteiger partial charge in [-0.15, -0.1) is 0 Å². The Labute approximate surface area is 117 Å². The normalized spacial score (nSPS) is 30.7. The van der Waals surface area contributed by atoms with Crippen LogP contribution in [0.25, 0.3) is 0 Å². The van der Waals surface area contributed by atoms with Crippen LogP contribution in [-0.4, -0.2) is 42.0 Å². The zero-order valence-corrected chi connectivity index (χ0v) is 12.3. The van der Waals surface area contributed by atoms with Crippen LogP contribution in [0.15, 0.2) is 0 Å². The average Bonchev–Trinajstić information content (AvgIpc) is 2.44. The van der Waals surface area contributed by atoms with Crippen LogP contribution in [0, 0.1) is 17.8 Å². The van der Waals surface area contributed by atoms with E-state index in [1.165, 1.54) is 12.8 Å². The molecule has 0 spiro atoms. The van der Waals surface area contributed by atoms with Gasteiger partial charge in [-0.2, -0.15) is 0 Å². The van der Waals surface area contributed by atoms with E-state index in [0.717, 1.165) is 57.7 Å². The summed E-state index contributed by atoms with van der Waals surface area (Å²) in [6, 6.07) is 0. The van der Waals surface area contributed by atoms with Crippen LogP contribution in [-0.2, 0) is 4.79 Å². The lowest BCUT2D eigenvalue weighted by Gasteiger charge is -2.36. The summed E-state index contributed by atoms with van der Waals surface area (Å²) in [7, 11) is 0. The maximum atomic E-state index is 12.1. The van der Waals surface area contributed by atoms with E-state index in [1.54, 1.807) is 0 Å². The van der Waals surface area contributed by atoms with Gasteiger partial charge >= 0.3 is 0 Å². The van der Waals surface area contributed by atoms with Crippen LogP contribution < -0.4 is 0 Å². The molecule has 2 fully saturated rings. The number of rotatable bonds is 5. The summed E-state index contributed by atoms with van der Waals surface area (Å²) >= 11 is 0. The number of carbonyl (C=O) groups excluding carboxylic acids is 1. The first-order valence-corrected chi connectivity index (χ1v) is 8.08. The molecule has 3 nitrogen and oxygen atoms in total. The highest BCUT2D eigenvalue weighted by molar-refractivity contribution is 5.81. The van der Waals surface area contributed by atoms with Gasteiger partial charge in [0, 0.05) is 25.5 Å². The van der Waals surface area contributed by atoms with Crippen molar-refractivity contribution in [3.8, 4) is 0 Å². The van der Waals surface area contributed by atoms with E-state index in [-0.39, 0.29) is 5.92 Å². The molecule has 1 aliphatic carbocycles. The summed E-state index contributed by atoms with van der Waals surface area (Å²) in [6.07, 6.45) is 7.76. The van der Waals surface area contributed by atoms with E-state index in [2.05, 4.69) is 11.8 Å². The first-order chi connectivity index (χ1) is 9.22. The molecule has 0 aromatic rings. The van der Waals surface area contributed by atoms with Gasteiger partial charge in [-0.05, 0) is 50.6 Å². The van der Waals surface area contributed by atoms with Gasteiger partial charge in [-0.25, -0.2) is 0 Å². The third-order valence-electron chi connectivity index (χ3n) is 5.01. The SMILES string of the molecule is CCCC1CCC(=O)C(CN2CCC(CO)CC2)C1. The van der Waals surface area contributed by atoms with Crippen molar-refractivity contribution in [2.45, 2.75) is 51.9 Å². The predicted molar refractivity (Wildman–Crippen MR) is 77.0 cm³/mol. The zero-order valence-electron chi connectivity index (χ0n) is 12.3. The first kappa shape index (κ1) is 15.0. The quantitative estimate of drug-likeness (QED) is 0.832. The second kappa shape index (κ2) is 7.39. The average molecular weight is 267 g/mol. The van der Waals surface area contributed by atoms with Crippen molar-refractivity contribution in [2.75, 3.05) is 26.2 Å². The molecule has 0 bridgehead atoms. The largest absolute Gasteiger partial charge is 0.396 e. The Kier molecular flexibility index (Phi) is 5.83. The first-order valence-electron chi connectivity index (χ1n) is 8.08. The Morgan fingerprint density at radius 1 is 1.21 bits per heavy atom. The van der Waals surface area contributed by atoms with E-state index in [9.17, 15) is 4.79 Å². The van der Waals surface area contributed by atoms with Gasteiger partial charge in [-0.3, -0.25) is 4.79 Å². The third-order valence-corrected chi connectivity index (χ3v) is 5.01. The van der Waals surface area contributed by atoms with Crippen LogP contribution in [0.5, 0.6) is 0 Å². The molecule has 110 valence electrons. The van der Waals surface area contributed by atoms with Crippen molar-refractivity contribution in [1.29, 1.82) is 0 Å². The molecule has 2 atom stereocenters. The minimum atomic E-state index is 0.288. The molecule has 1 aliphatic heterocycles. The fourth-order valence-corrected chi connectivity index (χ4v) is 3.71. The number of likely N-dealkylation sites (tertiary alicyclic amines) is 1. The van der Waals surface area contributed by atoms with Crippen LogP contribution >= 0.6 is 0 Å². The number of Topliss-reactive ketones (excluding diaryl/α,β-unsaturated/α-hetero) is 1. The van der Waals surface area contributed by atoms with Crippen molar-refractivity contribution in [1.82, 2.24) is 4.90 Å². The van der Waals surface area contributed by atoms with Gasteiger partial charge in [0.05, 0.1) is 0 Å². The molecule has 0 radical (unpaired) electrons. The molecule has 1 saturated heterocycles.